The molecule has 0 radical (unpaired) electrons. The zero-order valence-electron chi connectivity index (χ0n) is 20.8. The quantitative estimate of drug-likeness (QED) is 0.390. The Balaban J connectivity index is 1.37. The number of carboxylic acids is 1. The zero-order valence-corrected chi connectivity index (χ0v) is 20.8. The minimum Gasteiger partial charge on any atom is -0.478 e. The van der Waals surface area contributed by atoms with Crippen molar-refractivity contribution in [3.8, 4) is 11.1 Å². The average Bonchev–Trinajstić information content (AvgIpc) is 3.25. The topological polar surface area (TPSA) is 124 Å². The zero-order chi connectivity index (χ0) is 26.5. The van der Waals surface area contributed by atoms with Crippen molar-refractivity contribution < 1.29 is 24.6 Å². The minimum absolute atomic E-state index is 0.0496. The van der Waals surface area contributed by atoms with Gasteiger partial charge in [-0.1, -0.05) is 36.4 Å². The van der Waals surface area contributed by atoms with E-state index in [1.165, 1.54) is 0 Å². The van der Waals surface area contributed by atoms with Gasteiger partial charge >= 0.3 is 5.97 Å². The van der Waals surface area contributed by atoms with E-state index < -0.39 is 18.0 Å². The van der Waals surface area contributed by atoms with Gasteiger partial charge in [-0.15, -0.1) is 0 Å². The molecule has 4 rings (SSSR count). The van der Waals surface area contributed by atoms with Crippen LogP contribution in [0.1, 0.15) is 56.4 Å². The first-order valence-electron chi connectivity index (χ1n) is 12.3. The number of hydrogen-bond acceptors (Lipinski definition) is 5. The molecule has 1 atom stereocenters. The van der Waals surface area contributed by atoms with E-state index in [1.807, 2.05) is 42.3 Å². The third-order valence-corrected chi connectivity index (χ3v) is 6.78. The fraction of sp³-hybridized carbons (Fsp3) is 0.276. The molecule has 8 nitrogen and oxygen atoms in total. The molecular formula is C29H31N3O5. The van der Waals surface area contributed by atoms with E-state index in [1.54, 1.807) is 41.4 Å². The molecule has 1 unspecified atom stereocenters. The van der Waals surface area contributed by atoms with Crippen molar-refractivity contribution in [1.29, 1.82) is 0 Å². The van der Waals surface area contributed by atoms with Crippen LogP contribution in [-0.2, 0) is 11.2 Å². The smallest absolute Gasteiger partial charge is 0.335 e. The minimum atomic E-state index is -0.965. The number of nitrogens with zero attached hydrogens (tertiary/aromatic N) is 2. The van der Waals surface area contributed by atoms with Crippen LogP contribution in [0.15, 0.2) is 66.7 Å². The lowest BCUT2D eigenvalue weighted by molar-refractivity contribution is -0.138. The number of carboxylic acid groups (broad SMARTS) is 1. The van der Waals surface area contributed by atoms with E-state index in [2.05, 4.69) is 0 Å². The molecule has 37 heavy (non-hydrogen) atoms. The summed E-state index contributed by atoms with van der Waals surface area (Å²) in [4.78, 5) is 35.0. The Morgan fingerprint density at radius 3 is 2.41 bits per heavy atom. The highest BCUT2D eigenvalue weighted by Crippen LogP contribution is 2.28. The normalized spacial score (nSPS) is 14.6. The summed E-state index contributed by atoms with van der Waals surface area (Å²) in [6, 6.07) is 19.7. The molecule has 0 saturated carbocycles. The first-order valence-corrected chi connectivity index (χ1v) is 12.3. The Bertz CT molecular complexity index is 1310. The molecule has 0 aromatic heterocycles. The predicted octanol–water partition coefficient (Wildman–Crippen LogP) is 3.57. The molecule has 8 heteroatoms. The molecule has 4 N–H and O–H groups in total. The number of hydrogen-bond donors (Lipinski definition) is 3. The molecule has 1 heterocycles. The molecule has 3 aromatic carbocycles. The highest BCUT2D eigenvalue weighted by molar-refractivity contribution is 5.93. The van der Waals surface area contributed by atoms with Crippen LogP contribution in [-0.4, -0.2) is 57.6 Å². The Labute approximate surface area is 215 Å². The van der Waals surface area contributed by atoms with Gasteiger partial charge < -0.3 is 15.9 Å². The summed E-state index contributed by atoms with van der Waals surface area (Å²) in [5, 5.41) is 23.7. The number of aryl methyl sites for hydroxylation is 1. The summed E-state index contributed by atoms with van der Waals surface area (Å²) < 4.78 is 0. The largest absolute Gasteiger partial charge is 0.478 e. The van der Waals surface area contributed by atoms with E-state index in [9.17, 15) is 19.5 Å². The SMILES string of the molecule is Cc1cc(C(N)=O)ccc1-c1cccc(C(O)CCN2CCC(=O)N2CCc2ccc(C(=O)O)cc2)c1. The number of aromatic carboxylic acids is 1. The lowest BCUT2D eigenvalue weighted by Gasteiger charge is -2.29. The third kappa shape index (κ3) is 6.22. The van der Waals surface area contributed by atoms with E-state index >= 15 is 0 Å². The highest BCUT2D eigenvalue weighted by atomic mass is 16.4. The van der Waals surface area contributed by atoms with Crippen LogP contribution in [0, 0.1) is 6.92 Å². The molecule has 3 aromatic rings. The van der Waals surface area contributed by atoms with Gasteiger partial charge in [0.25, 0.3) is 0 Å². The van der Waals surface area contributed by atoms with Crippen LogP contribution in [0.5, 0.6) is 0 Å². The number of amides is 2. The number of rotatable bonds is 10. The fourth-order valence-corrected chi connectivity index (χ4v) is 4.67. The second kappa shape index (κ2) is 11.4. The van der Waals surface area contributed by atoms with Gasteiger partial charge in [-0.3, -0.25) is 14.6 Å². The Morgan fingerprint density at radius 1 is 1.00 bits per heavy atom. The third-order valence-electron chi connectivity index (χ3n) is 6.78. The number of aliphatic hydroxyl groups is 1. The molecule has 2 amide bonds. The fourth-order valence-electron chi connectivity index (χ4n) is 4.67. The molecular weight excluding hydrogens is 470 g/mol. The van der Waals surface area contributed by atoms with Gasteiger partial charge in [0.05, 0.1) is 11.7 Å². The molecule has 1 aliphatic rings. The summed E-state index contributed by atoms with van der Waals surface area (Å²) in [7, 11) is 0. The average molecular weight is 502 g/mol. The summed E-state index contributed by atoms with van der Waals surface area (Å²) in [5.74, 6) is -1.38. The van der Waals surface area contributed by atoms with Crippen LogP contribution < -0.4 is 5.73 Å². The van der Waals surface area contributed by atoms with Crippen LogP contribution in [0.4, 0.5) is 0 Å². The number of hydrazine groups is 1. The van der Waals surface area contributed by atoms with Gasteiger partial charge in [-0.05, 0) is 77.9 Å². The van der Waals surface area contributed by atoms with E-state index in [0.29, 0.717) is 44.5 Å². The molecule has 1 saturated heterocycles. The summed E-state index contributed by atoms with van der Waals surface area (Å²) >= 11 is 0. The van der Waals surface area contributed by atoms with Gasteiger partial charge in [0.2, 0.25) is 11.8 Å². The van der Waals surface area contributed by atoms with Crippen molar-refractivity contribution in [1.82, 2.24) is 10.0 Å². The number of nitrogens with two attached hydrogens (primary N) is 1. The molecule has 1 fully saturated rings. The van der Waals surface area contributed by atoms with E-state index in [0.717, 1.165) is 27.8 Å². The molecule has 1 aliphatic heterocycles. The lowest BCUT2D eigenvalue weighted by Crippen LogP contribution is -2.41. The number of benzene rings is 3. The van der Waals surface area contributed by atoms with Gasteiger partial charge in [0.1, 0.15) is 0 Å². The first-order chi connectivity index (χ1) is 17.7. The van der Waals surface area contributed by atoms with Crippen LogP contribution in [0.25, 0.3) is 11.1 Å². The van der Waals surface area contributed by atoms with Crippen molar-refractivity contribution in [3.63, 3.8) is 0 Å². The van der Waals surface area contributed by atoms with Gasteiger partial charge in [0, 0.05) is 31.6 Å². The number of primary amides is 1. The first kappa shape index (κ1) is 26.1. The maximum atomic E-state index is 12.5. The summed E-state index contributed by atoms with van der Waals surface area (Å²) in [5.41, 5.74) is 10.6. The maximum Gasteiger partial charge on any atom is 0.335 e. The highest BCUT2D eigenvalue weighted by Gasteiger charge is 2.28. The number of carbonyl (C=O) groups is 3. The van der Waals surface area contributed by atoms with Crippen molar-refractivity contribution in [2.24, 2.45) is 5.73 Å². The van der Waals surface area contributed by atoms with Crippen molar-refractivity contribution >= 4 is 17.8 Å². The lowest BCUT2D eigenvalue weighted by atomic mass is 9.95. The summed E-state index contributed by atoms with van der Waals surface area (Å²) in [6.45, 7) is 3.55. The standard InChI is InChI=1S/C29H31N3O5/c1-19-17-24(28(30)35)9-10-25(19)22-3-2-4-23(18-22)26(33)12-14-31-15-13-27(34)32(31)16-11-20-5-7-21(8-6-20)29(36)37/h2-10,17-18,26,33H,11-16H2,1H3,(H2,30,35)(H,36,37). The molecule has 192 valence electrons. The second-order valence-electron chi connectivity index (χ2n) is 9.30. The number of aliphatic hydroxyl groups excluding tert-OH is 1. The van der Waals surface area contributed by atoms with Crippen molar-refractivity contribution in [2.75, 3.05) is 19.6 Å². The Hall–Kier alpha value is -4.01. The molecule has 0 bridgehead atoms. The van der Waals surface area contributed by atoms with Gasteiger partial charge in [0.15, 0.2) is 0 Å². The summed E-state index contributed by atoms with van der Waals surface area (Å²) in [6.07, 6.45) is 0.802. The maximum absolute atomic E-state index is 12.5. The van der Waals surface area contributed by atoms with E-state index in [-0.39, 0.29) is 11.5 Å². The van der Waals surface area contributed by atoms with Gasteiger partial charge in [-0.25, -0.2) is 9.80 Å². The van der Waals surface area contributed by atoms with Crippen molar-refractivity contribution in [2.45, 2.75) is 32.3 Å². The Kier molecular flexibility index (Phi) is 8.01. The van der Waals surface area contributed by atoms with Crippen LogP contribution in [0.3, 0.4) is 0 Å². The monoisotopic (exact) mass is 501 g/mol. The number of carbonyl (C=O) groups excluding carboxylic acids is 2. The van der Waals surface area contributed by atoms with Crippen LogP contribution in [0.2, 0.25) is 0 Å². The second-order valence-corrected chi connectivity index (χ2v) is 9.30. The molecule has 0 spiro atoms. The predicted molar refractivity (Wildman–Crippen MR) is 140 cm³/mol. The molecule has 0 aliphatic carbocycles. The van der Waals surface area contributed by atoms with E-state index in [4.69, 9.17) is 10.8 Å². The van der Waals surface area contributed by atoms with Gasteiger partial charge in [-0.2, -0.15) is 0 Å². The van der Waals surface area contributed by atoms with Crippen molar-refractivity contribution in [3.05, 3.63) is 94.5 Å². The Morgan fingerprint density at radius 2 is 1.73 bits per heavy atom. The van der Waals surface area contributed by atoms with Crippen LogP contribution >= 0.6 is 0 Å².